The van der Waals surface area contributed by atoms with Gasteiger partial charge in [-0.15, -0.1) is 20.8 Å². The molecule has 0 aliphatic carbocycles. The summed E-state index contributed by atoms with van der Waals surface area (Å²) in [5, 5.41) is 27.1. The zero-order chi connectivity index (χ0) is 32.7. The van der Waals surface area contributed by atoms with Crippen molar-refractivity contribution in [1.29, 1.82) is 0 Å². The zero-order valence-electron chi connectivity index (χ0n) is 22.3. The van der Waals surface area contributed by atoms with E-state index in [1.54, 1.807) is 0 Å². The van der Waals surface area contributed by atoms with Crippen LogP contribution >= 0.6 is 0 Å². The Kier molecular flexibility index (Phi) is 7.99. The van der Waals surface area contributed by atoms with E-state index in [1.165, 1.54) is 48.5 Å². The van der Waals surface area contributed by atoms with E-state index < -0.39 is 51.6 Å². The average Bonchev–Trinajstić information content (AvgIpc) is 2.96. The molecular weight excluding hydrogens is 653 g/mol. The molecule has 5 aromatic rings. The molecule has 5 rings (SSSR count). The maximum Gasteiger partial charge on any atom is 0.296 e. The van der Waals surface area contributed by atoms with Gasteiger partial charge in [0.1, 0.15) is 10.6 Å². The number of anilines is 1. The molecule has 0 aliphatic rings. The number of phenols is 1. The molecule has 0 aromatic heterocycles. The van der Waals surface area contributed by atoms with Crippen LogP contribution in [0.25, 0.3) is 21.5 Å². The van der Waals surface area contributed by atoms with Crippen molar-refractivity contribution in [2.24, 2.45) is 20.6 Å². The van der Waals surface area contributed by atoms with Gasteiger partial charge in [-0.2, -0.15) is 25.3 Å². The van der Waals surface area contributed by atoms with E-state index in [-0.39, 0.29) is 49.2 Å². The molecule has 0 aliphatic heterocycles. The Balaban J connectivity index is 1.60. The lowest BCUT2D eigenvalue weighted by atomic mass is 10.1. The first-order valence-corrected chi connectivity index (χ1v) is 16.5. The minimum atomic E-state index is -4.92. The van der Waals surface area contributed by atoms with Crippen molar-refractivity contribution in [2.75, 3.05) is 5.73 Å². The number of nitrogens with two attached hydrogens (primary N) is 1. The van der Waals surface area contributed by atoms with Gasteiger partial charge in [0.2, 0.25) is 0 Å². The first kappa shape index (κ1) is 31.4. The van der Waals surface area contributed by atoms with Gasteiger partial charge in [0, 0.05) is 21.8 Å². The van der Waals surface area contributed by atoms with Crippen molar-refractivity contribution in [3.05, 3.63) is 78.9 Å². The van der Waals surface area contributed by atoms with Crippen molar-refractivity contribution in [1.82, 2.24) is 5.43 Å². The highest BCUT2D eigenvalue weighted by atomic mass is 32.2. The molecule has 0 spiro atoms. The third kappa shape index (κ3) is 6.72. The van der Waals surface area contributed by atoms with E-state index in [1.807, 2.05) is 0 Å². The summed E-state index contributed by atoms with van der Waals surface area (Å²) in [7, 11) is -14.0. The summed E-state index contributed by atoms with van der Waals surface area (Å²) >= 11 is 0. The minimum absolute atomic E-state index is 0.0424. The highest BCUT2D eigenvalue weighted by molar-refractivity contribution is 7.86. The number of hydrogen-bond acceptors (Lipinski definition) is 12. The second-order valence-corrected chi connectivity index (χ2v) is 13.5. The van der Waals surface area contributed by atoms with E-state index in [9.17, 15) is 39.5 Å². The van der Waals surface area contributed by atoms with Gasteiger partial charge in [-0.05, 0) is 77.3 Å². The molecule has 0 saturated heterocycles. The molecule has 0 amide bonds. The van der Waals surface area contributed by atoms with Crippen LogP contribution in [0.5, 0.6) is 5.75 Å². The molecule has 6 N–H and O–H groups in total. The van der Waals surface area contributed by atoms with Crippen LogP contribution in [-0.4, -0.2) is 44.0 Å². The summed E-state index contributed by atoms with van der Waals surface area (Å²) in [6.45, 7) is 0. The van der Waals surface area contributed by atoms with Crippen LogP contribution in [0.3, 0.4) is 0 Å². The van der Waals surface area contributed by atoms with Gasteiger partial charge in [-0.3, -0.25) is 13.7 Å². The molecule has 0 bridgehead atoms. The van der Waals surface area contributed by atoms with Gasteiger partial charge < -0.3 is 10.8 Å². The molecule has 0 atom stereocenters. The molecule has 19 heteroatoms. The van der Waals surface area contributed by atoms with Crippen LogP contribution in [-0.2, 0) is 30.4 Å². The van der Waals surface area contributed by atoms with E-state index in [0.29, 0.717) is 0 Å². The number of rotatable bonds is 8. The monoisotopic (exact) mass is 671 g/mol. The third-order valence-electron chi connectivity index (χ3n) is 6.30. The van der Waals surface area contributed by atoms with Crippen LogP contribution in [0, 0.1) is 0 Å². The maximum atomic E-state index is 12.2. The topological polar surface area (TPSA) is 273 Å². The summed E-state index contributed by atoms with van der Waals surface area (Å²) in [6.07, 6.45) is 0. The summed E-state index contributed by atoms with van der Waals surface area (Å²) in [5.74, 6) is -0.657. The number of nitrogens with zero attached hydrogens (tertiary/aromatic N) is 5. The van der Waals surface area contributed by atoms with Crippen LogP contribution in [0.1, 0.15) is 0 Å². The van der Waals surface area contributed by atoms with Gasteiger partial charge in [0.15, 0.2) is 5.75 Å². The molecule has 5 aromatic carbocycles. The predicted molar refractivity (Wildman–Crippen MR) is 160 cm³/mol. The molecule has 0 unspecified atom stereocenters. The predicted octanol–water partition coefficient (Wildman–Crippen LogP) is 5.37. The normalized spacial score (nSPS) is 12.9. The van der Waals surface area contributed by atoms with Gasteiger partial charge in [0.25, 0.3) is 30.4 Å². The summed E-state index contributed by atoms with van der Waals surface area (Å²) in [4.78, 5) is -1.64. The third-order valence-corrected chi connectivity index (χ3v) is 8.88. The molecular formula is C26H19N6O10S3. The Morgan fingerprint density at radius 3 is 1.82 bits per heavy atom. The Hall–Kier alpha value is -5.05. The molecule has 45 heavy (non-hydrogen) atoms. The molecule has 0 fully saturated rings. The molecule has 0 heterocycles. The number of benzene rings is 5. The van der Waals surface area contributed by atoms with Crippen LogP contribution in [0.15, 0.2) is 114 Å². The first-order valence-electron chi connectivity index (χ1n) is 12.2. The quantitative estimate of drug-likeness (QED) is 0.0605. The standard InChI is InChI=1S/C26H19N6O10S3/c27-15-2-1-14-11-24(45(40,41)42)25(26(33)20(14)12-15)31-29-23-10-9-22(19-8-7-18(13-21(19)23)44(37,38)39)30-32-28-16-3-5-17(6-4-16)43(34,35)36/h1-13,33H,27H2,(H,34,35,36)(H,37,38,39)(H,40,41,42)/b31-29+,32-30+. The van der Waals surface area contributed by atoms with Crippen molar-refractivity contribution in [2.45, 2.75) is 14.7 Å². The van der Waals surface area contributed by atoms with E-state index in [4.69, 9.17) is 10.3 Å². The number of fused-ring (bicyclic) bond motifs is 2. The lowest BCUT2D eigenvalue weighted by molar-refractivity contribution is 0.472. The lowest BCUT2D eigenvalue weighted by Gasteiger charge is -2.10. The fourth-order valence-electron chi connectivity index (χ4n) is 4.19. The van der Waals surface area contributed by atoms with Gasteiger partial charge >= 0.3 is 0 Å². The number of azo groups is 1. The van der Waals surface area contributed by atoms with E-state index >= 15 is 0 Å². The lowest BCUT2D eigenvalue weighted by Crippen LogP contribution is -1.99. The summed E-state index contributed by atoms with van der Waals surface area (Å²) in [5.41, 5.74) is 9.50. The summed E-state index contributed by atoms with van der Waals surface area (Å²) < 4.78 is 99.0. The minimum Gasteiger partial charge on any atom is -0.505 e. The second kappa shape index (κ2) is 11.5. The molecule has 0 saturated carbocycles. The fraction of sp³-hybridized carbons (Fsp3) is 0. The highest BCUT2D eigenvalue weighted by Crippen LogP contribution is 2.43. The van der Waals surface area contributed by atoms with Crippen molar-refractivity contribution >= 4 is 80.3 Å². The SMILES string of the molecule is Nc1ccc2cc(S(=O)(=O)O)c(/N=N/c3ccc(/N=N/[N]c4ccc(S(=O)(=O)O)cc4)c4ccc(S(=O)(=O)O)cc34)c(O)c2c1. The van der Waals surface area contributed by atoms with Gasteiger partial charge in [0.05, 0.1) is 26.9 Å². The maximum absolute atomic E-state index is 12.2. The zero-order valence-corrected chi connectivity index (χ0v) is 24.7. The smallest absolute Gasteiger partial charge is 0.296 e. The van der Waals surface area contributed by atoms with Crippen molar-refractivity contribution in [3.63, 3.8) is 0 Å². The van der Waals surface area contributed by atoms with Crippen molar-refractivity contribution < 1.29 is 44.0 Å². The summed E-state index contributed by atoms with van der Waals surface area (Å²) in [6, 6.07) is 16.1. The average molecular weight is 672 g/mol. The second-order valence-electron chi connectivity index (χ2n) is 9.27. The molecule has 16 nitrogen and oxygen atoms in total. The Labute approximate surface area is 254 Å². The number of hydrogen-bond donors (Lipinski definition) is 5. The van der Waals surface area contributed by atoms with Crippen LogP contribution < -0.4 is 11.2 Å². The van der Waals surface area contributed by atoms with Gasteiger partial charge in [-0.25, -0.2) is 0 Å². The fourth-order valence-corrected chi connectivity index (χ4v) is 5.84. The van der Waals surface area contributed by atoms with Crippen LogP contribution in [0.4, 0.5) is 28.4 Å². The van der Waals surface area contributed by atoms with E-state index in [2.05, 4.69) is 26.0 Å². The molecule has 1 radical (unpaired) electrons. The Bertz CT molecular complexity index is 2400. The number of aromatic hydroxyl groups is 1. The van der Waals surface area contributed by atoms with Crippen LogP contribution in [0.2, 0.25) is 0 Å². The highest BCUT2D eigenvalue weighted by Gasteiger charge is 2.22. The Morgan fingerprint density at radius 1 is 0.578 bits per heavy atom. The Morgan fingerprint density at radius 2 is 1.20 bits per heavy atom. The van der Waals surface area contributed by atoms with Crippen molar-refractivity contribution in [3.8, 4) is 5.75 Å². The first-order chi connectivity index (χ1) is 21.0. The molecule has 231 valence electrons. The van der Waals surface area contributed by atoms with Gasteiger partial charge in [-0.1, -0.05) is 12.1 Å². The largest absolute Gasteiger partial charge is 0.505 e. The number of phenolic OH excluding ortho intramolecular Hbond substituents is 1. The van der Waals surface area contributed by atoms with E-state index in [0.717, 1.165) is 30.3 Å². The number of nitrogen functional groups attached to an aromatic ring is 1.